The number of carbonyl (C=O) groups is 1. The highest BCUT2D eigenvalue weighted by molar-refractivity contribution is 5.75. The average molecular weight is 299 g/mol. The van der Waals surface area contributed by atoms with E-state index < -0.39 is 0 Å². The van der Waals surface area contributed by atoms with E-state index in [2.05, 4.69) is 16.4 Å². The summed E-state index contributed by atoms with van der Waals surface area (Å²) in [7, 11) is 0. The summed E-state index contributed by atoms with van der Waals surface area (Å²) in [6.45, 7) is 3.93. The quantitative estimate of drug-likeness (QED) is 0.918. The van der Waals surface area contributed by atoms with Crippen molar-refractivity contribution in [1.82, 2.24) is 14.9 Å². The van der Waals surface area contributed by atoms with E-state index in [4.69, 9.17) is 4.74 Å². The SMILES string of the molecule is Cc1nccn1CCC(=O)NCC1COc2ccccc2C1. The van der Waals surface area contributed by atoms with Crippen LogP contribution in [0.3, 0.4) is 0 Å². The second-order valence-electron chi connectivity index (χ2n) is 5.71. The summed E-state index contributed by atoms with van der Waals surface area (Å²) >= 11 is 0. The average Bonchev–Trinajstić information content (AvgIpc) is 2.96. The van der Waals surface area contributed by atoms with Gasteiger partial charge in [-0.25, -0.2) is 4.98 Å². The van der Waals surface area contributed by atoms with Crippen LogP contribution in [0.2, 0.25) is 0 Å². The number of nitrogens with zero attached hydrogens (tertiary/aromatic N) is 2. The molecule has 2 heterocycles. The van der Waals surface area contributed by atoms with E-state index in [1.165, 1.54) is 5.56 Å². The van der Waals surface area contributed by atoms with Crippen molar-refractivity contribution in [2.24, 2.45) is 5.92 Å². The van der Waals surface area contributed by atoms with Crippen LogP contribution >= 0.6 is 0 Å². The third-order valence-corrected chi connectivity index (χ3v) is 4.05. The zero-order chi connectivity index (χ0) is 15.4. The van der Waals surface area contributed by atoms with Crippen molar-refractivity contribution in [3.8, 4) is 5.75 Å². The van der Waals surface area contributed by atoms with Crippen molar-refractivity contribution >= 4 is 5.91 Å². The van der Waals surface area contributed by atoms with E-state index in [1.54, 1.807) is 6.20 Å². The number of carbonyl (C=O) groups excluding carboxylic acids is 1. The van der Waals surface area contributed by atoms with Gasteiger partial charge in [0.2, 0.25) is 5.91 Å². The standard InChI is InChI=1S/C17H21N3O2/c1-13-18-7-9-20(13)8-6-17(21)19-11-14-10-15-4-2-3-5-16(15)22-12-14/h2-5,7,9,14H,6,8,10-12H2,1H3,(H,19,21). The molecule has 116 valence electrons. The minimum Gasteiger partial charge on any atom is -0.493 e. The molecule has 2 aromatic rings. The molecule has 0 saturated heterocycles. The topological polar surface area (TPSA) is 56.2 Å². The summed E-state index contributed by atoms with van der Waals surface area (Å²) in [5.41, 5.74) is 1.22. The molecule has 5 heteroatoms. The van der Waals surface area contributed by atoms with E-state index >= 15 is 0 Å². The fourth-order valence-corrected chi connectivity index (χ4v) is 2.73. The minimum absolute atomic E-state index is 0.0759. The molecule has 1 atom stereocenters. The van der Waals surface area contributed by atoms with Crippen molar-refractivity contribution in [2.45, 2.75) is 26.3 Å². The highest BCUT2D eigenvalue weighted by atomic mass is 16.5. The van der Waals surface area contributed by atoms with Crippen molar-refractivity contribution in [2.75, 3.05) is 13.2 Å². The maximum Gasteiger partial charge on any atom is 0.221 e. The first-order valence-corrected chi connectivity index (χ1v) is 7.67. The van der Waals surface area contributed by atoms with Gasteiger partial charge in [0.1, 0.15) is 11.6 Å². The molecule has 1 amide bonds. The molecule has 0 aliphatic carbocycles. The summed E-state index contributed by atoms with van der Waals surface area (Å²) in [6.07, 6.45) is 5.08. The molecule has 1 aromatic carbocycles. The molecule has 0 spiro atoms. The summed E-state index contributed by atoms with van der Waals surface area (Å²) in [5, 5.41) is 3.01. The van der Waals surface area contributed by atoms with Gasteiger partial charge < -0.3 is 14.6 Å². The molecule has 22 heavy (non-hydrogen) atoms. The van der Waals surface area contributed by atoms with Gasteiger partial charge in [-0.2, -0.15) is 0 Å². The van der Waals surface area contributed by atoms with Gasteiger partial charge in [-0.1, -0.05) is 18.2 Å². The van der Waals surface area contributed by atoms with Crippen LogP contribution in [-0.2, 0) is 17.8 Å². The number of ether oxygens (including phenoxy) is 1. The maximum absolute atomic E-state index is 12.0. The summed E-state index contributed by atoms with van der Waals surface area (Å²) in [6, 6.07) is 8.10. The first-order chi connectivity index (χ1) is 10.7. The molecule has 0 fully saturated rings. The van der Waals surface area contributed by atoms with Gasteiger partial charge in [-0.05, 0) is 25.0 Å². The predicted octanol–water partition coefficient (Wildman–Crippen LogP) is 1.95. The molecular formula is C17H21N3O2. The maximum atomic E-state index is 12.0. The van der Waals surface area contributed by atoms with E-state index in [0.29, 0.717) is 32.0 Å². The number of fused-ring (bicyclic) bond motifs is 1. The lowest BCUT2D eigenvalue weighted by atomic mass is 9.97. The Balaban J connectivity index is 1.43. The first kappa shape index (κ1) is 14.6. The number of hydrogen-bond acceptors (Lipinski definition) is 3. The lowest BCUT2D eigenvalue weighted by molar-refractivity contribution is -0.121. The highest BCUT2D eigenvalue weighted by Crippen LogP contribution is 2.26. The van der Waals surface area contributed by atoms with Crippen LogP contribution in [0.4, 0.5) is 0 Å². The molecule has 1 aliphatic rings. The Kier molecular flexibility index (Phi) is 4.42. The van der Waals surface area contributed by atoms with E-state index in [9.17, 15) is 4.79 Å². The number of imidazole rings is 1. The Hall–Kier alpha value is -2.30. The molecule has 1 aliphatic heterocycles. The summed E-state index contributed by atoms with van der Waals surface area (Å²) in [5.74, 6) is 2.33. The fraction of sp³-hybridized carbons (Fsp3) is 0.412. The Morgan fingerprint density at radius 3 is 3.14 bits per heavy atom. The third kappa shape index (κ3) is 3.47. The van der Waals surface area contributed by atoms with Crippen molar-refractivity contribution in [3.63, 3.8) is 0 Å². The molecule has 1 aromatic heterocycles. The zero-order valence-corrected chi connectivity index (χ0v) is 12.8. The first-order valence-electron chi connectivity index (χ1n) is 7.67. The van der Waals surface area contributed by atoms with Crippen molar-refractivity contribution in [3.05, 3.63) is 48.0 Å². The molecular weight excluding hydrogens is 278 g/mol. The zero-order valence-electron chi connectivity index (χ0n) is 12.8. The largest absolute Gasteiger partial charge is 0.493 e. The number of aromatic nitrogens is 2. The second-order valence-corrected chi connectivity index (χ2v) is 5.71. The van der Waals surface area contributed by atoms with Crippen LogP contribution in [0.5, 0.6) is 5.75 Å². The lowest BCUT2D eigenvalue weighted by Gasteiger charge is -2.25. The smallest absolute Gasteiger partial charge is 0.221 e. The molecule has 3 rings (SSSR count). The van der Waals surface area contributed by atoms with Crippen molar-refractivity contribution < 1.29 is 9.53 Å². The summed E-state index contributed by atoms with van der Waals surface area (Å²) < 4.78 is 7.72. The molecule has 0 saturated carbocycles. The van der Waals surface area contributed by atoms with Crippen LogP contribution in [-0.4, -0.2) is 28.6 Å². The normalized spacial score (nSPS) is 16.7. The summed E-state index contributed by atoms with van der Waals surface area (Å²) in [4.78, 5) is 16.1. The van der Waals surface area contributed by atoms with Gasteiger partial charge in [0.15, 0.2) is 0 Å². The fourth-order valence-electron chi connectivity index (χ4n) is 2.73. The molecule has 1 unspecified atom stereocenters. The van der Waals surface area contributed by atoms with Crippen molar-refractivity contribution in [1.29, 1.82) is 0 Å². The van der Waals surface area contributed by atoms with Gasteiger partial charge in [0.05, 0.1) is 6.61 Å². The van der Waals surface area contributed by atoms with Crippen LogP contribution in [0.1, 0.15) is 17.8 Å². The van der Waals surface area contributed by atoms with Gasteiger partial charge in [0, 0.05) is 37.8 Å². The van der Waals surface area contributed by atoms with Crippen LogP contribution < -0.4 is 10.1 Å². The van der Waals surface area contributed by atoms with Crippen LogP contribution in [0, 0.1) is 12.8 Å². The molecule has 5 nitrogen and oxygen atoms in total. The van der Waals surface area contributed by atoms with Gasteiger partial charge in [-0.15, -0.1) is 0 Å². The highest BCUT2D eigenvalue weighted by Gasteiger charge is 2.19. The Morgan fingerprint density at radius 1 is 1.45 bits per heavy atom. The van der Waals surface area contributed by atoms with E-state index in [-0.39, 0.29) is 5.91 Å². The lowest BCUT2D eigenvalue weighted by Crippen LogP contribution is -2.35. The number of nitrogens with one attached hydrogen (secondary N) is 1. The number of para-hydroxylation sites is 1. The number of aryl methyl sites for hydroxylation is 2. The molecule has 1 N–H and O–H groups in total. The molecule has 0 bridgehead atoms. The number of rotatable bonds is 5. The van der Waals surface area contributed by atoms with E-state index in [1.807, 2.05) is 35.9 Å². The minimum atomic E-state index is 0.0759. The van der Waals surface area contributed by atoms with Gasteiger partial charge in [-0.3, -0.25) is 4.79 Å². The van der Waals surface area contributed by atoms with Gasteiger partial charge >= 0.3 is 0 Å². The van der Waals surface area contributed by atoms with E-state index in [0.717, 1.165) is 18.0 Å². The van der Waals surface area contributed by atoms with Gasteiger partial charge in [0.25, 0.3) is 0 Å². The Morgan fingerprint density at radius 2 is 2.32 bits per heavy atom. The predicted molar refractivity (Wildman–Crippen MR) is 83.7 cm³/mol. The number of amides is 1. The third-order valence-electron chi connectivity index (χ3n) is 4.05. The Bertz CT molecular complexity index is 651. The monoisotopic (exact) mass is 299 g/mol. The Labute approximate surface area is 130 Å². The number of benzene rings is 1. The number of hydrogen-bond donors (Lipinski definition) is 1. The molecule has 0 radical (unpaired) electrons. The van der Waals surface area contributed by atoms with Crippen LogP contribution in [0.25, 0.3) is 0 Å². The van der Waals surface area contributed by atoms with Crippen LogP contribution in [0.15, 0.2) is 36.7 Å². The second kappa shape index (κ2) is 6.64.